The van der Waals surface area contributed by atoms with Gasteiger partial charge in [-0.15, -0.1) is 0 Å². The third-order valence-electron chi connectivity index (χ3n) is 2.71. The molecule has 1 aliphatic rings. The molecule has 15 heavy (non-hydrogen) atoms. The number of likely N-dealkylation sites (tertiary alicyclic amines) is 1. The number of halogens is 1. The van der Waals surface area contributed by atoms with Crippen LogP contribution in [0.3, 0.4) is 0 Å². The molecule has 1 saturated heterocycles. The number of aromatic nitrogens is 1. The molecule has 0 N–H and O–H groups in total. The van der Waals surface area contributed by atoms with Gasteiger partial charge in [-0.3, -0.25) is 4.90 Å². The molecule has 0 saturated carbocycles. The number of nitrogens with zero attached hydrogens (tertiary/aromatic N) is 2. The molecule has 2 rings (SSSR count). The first-order chi connectivity index (χ1) is 7.28. The van der Waals surface area contributed by atoms with E-state index in [0.29, 0.717) is 6.10 Å². The Kier molecular flexibility index (Phi) is 3.77. The third-order valence-corrected chi connectivity index (χ3v) is 3.08. The van der Waals surface area contributed by atoms with E-state index in [1.807, 2.05) is 6.07 Å². The molecule has 1 aliphatic heterocycles. The summed E-state index contributed by atoms with van der Waals surface area (Å²) in [5.41, 5.74) is 0. The Morgan fingerprint density at radius 1 is 1.73 bits per heavy atom. The summed E-state index contributed by atoms with van der Waals surface area (Å²) in [5, 5.41) is 3.81. The van der Waals surface area contributed by atoms with Gasteiger partial charge in [0, 0.05) is 19.7 Å². The second kappa shape index (κ2) is 5.09. The Hall–Kier alpha value is -0.390. The van der Waals surface area contributed by atoms with E-state index in [1.54, 1.807) is 7.11 Å². The summed E-state index contributed by atoms with van der Waals surface area (Å²) in [6.07, 6.45) is 2.71. The second-order valence-electron chi connectivity index (χ2n) is 3.85. The monoisotopic (exact) mass is 274 g/mol. The van der Waals surface area contributed by atoms with E-state index in [1.165, 1.54) is 6.42 Å². The first kappa shape index (κ1) is 11.1. The fraction of sp³-hybridized carbons (Fsp3) is 0.700. The van der Waals surface area contributed by atoms with Gasteiger partial charge in [-0.2, -0.15) is 0 Å². The highest BCUT2D eigenvalue weighted by Gasteiger charge is 2.20. The molecule has 1 aromatic rings. The number of hydrogen-bond donors (Lipinski definition) is 0. The van der Waals surface area contributed by atoms with Gasteiger partial charge in [0.05, 0.1) is 12.6 Å². The summed E-state index contributed by atoms with van der Waals surface area (Å²) >= 11 is 3.27. The standard InChI is InChI=1S/C10H15BrN2O2/c1-14-8-3-2-4-13(6-8)7-9-5-10(11)12-15-9/h5,8H,2-4,6-7H2,1H3. The number of hydrogen-bond acceptors (Lipinski definition) is 4. The predicted molar refractivity (Wildman–Crippen MR) is 59.5 cm³/mol. The second-order valence-corrected chi connectivity index (χ2v) is 4.66. The lowest BCUT2D eigenvalue weighted by Crippen LogP contribution is -2.38. The van der Waals surface area contributed by atoms with Crippen molar-refractivity contribution in [2.75, 3.05) is 20.2 Å². The molecular formula is C10H15BrN2O2. The Bertz CT molecular complexity index is 316. The van der Waals surface area contributed by atoms with Gasteiger partial charge in [-0.1, -0.05) is 5.16 Å². The third kappa shape index (κ3) is 3.03. The minimum absolute atomic E-state index is 0.366. The fourth-order valence-electron chi connectivity index (χ4n) is 1.93. The largest absolute Gasteiger partial charge is 0.380 e. The van der Waals surface area contributed by atoms with Gasteiger partial charge >= 0.3 is 0 Å². The van der Waals surface area contributed by atoms with Crippen molar-refractivity contribution in [1.29, 1.82) is 0 Å². The smallest absolute Gasteiger partial charge is 0.151 e. The summed E-state index contributed by atoms with van der Waals surface area (Å²) in [6, 6.07) is 1.91. The maximum atomic E-state index is 5.37. The van der Waals surface area contributed by atoms with Crippen LogP contribution in [0, 0.1) is 0 Å². The molecular weight excluding hydrogens is 260 g/mol. The highest BCUT2D eigenvalue weighted by Crippen LogP contribution is 2.17. The van der Waals surface area contributed by atoms with Crippen molar-refractivity contribution >= 4 is 15.9 Å². The first-order valence-electron chi connectivity index (χ1n) is 5.14. The van der Waals surface area contributed by atoms with Crippen LogP contribution in [0.15, 0.2) is 15.2 Å². The van der Waals surface area contributed by atoms with E-state index >= 15 is 0 Å². The Balaban J connectivity index is 1.88. The molecule has 0 aromatic carbocycles. The van der Waals surface area contributed by atoms with E-state index in [9.17, 15) is 0 Å². The van der Waals surface area contributed by atoms with Gasteiger partial charge in [0.1, 0.15) is 4.60 Å². The van der Waals surface area contributed by atoms with Crippen molar-refractivity contribution < 1.29 is 9.26 Å². The van der Waals surface area contributed by atoms with Gasteiger partial charge in [0.25, 0.3) is 0 Å². The normalized spacial score (nSPS) is 23.2. The summed E-state index contributed by atoms with van der Waals surface area (Å²) in [5.74, 6) is 0.902. The predicted octanol–water partition coefficient (Wildman–Crippen LogP) is 2.05. The average molecular weight is 275 g/mol. The summed E-state index contributed by atoms with van der Waals surface area (Å²) in [7, 11) is 1.78. The zero-order chi connectivity index (χ0) is 10.7. The van der Waals surface area contributed by atoms with Crippen LogP contribution < -0.4 is 0 Å². The topological polar surface area (TPSA) is 38.5 Å². The Labute approximate surface area is 97.7 Å². The molecule has 1 fully saturated rings. The summed E-state index contributed by atoms with van der Waals surface area (Å²) in [6.45, 7) is 2.91. The number of methoxy groups -OCH3 is 1. The maximum absolute atomic E-state index is 5.37. The van der Waals surface area contributed by atoms with Crippen molar-refractivity contribution in [2.45, 2.75) is 25.5 Å². The molecule has 1 unspecified atom stereocenters. The van der Waals surface area contributed by atoms with Crippen molar-refractivity contribution in [3.63, 3.8) is 0 Å². The molecule has 84 valence electrons. The van der Waals surface area contributed by atoms with Gasteiger partial charge in [-0.25, -0.2) is 0 Å². The average Bonchev–Trinajstić information content (AvgIpc) is 2.64. The summed E-state index contributed by atoms with van der Waals surface area (Å²) in [4.78, 5) is 2.34. The minimum Gasteiger partial charge on any atom is -0.380 e. The maximum Gasteiger partial charge on any atom is 0.151 e. The number of piperidine rings is 1. The van der Waals surface area contributed by atoms with E-state index < -0.39 is 0 Å². The SMILES string of the molecule is COC1CCCN(Cc2cc(Br)no2)C1. The Morgan fingerprint density at radius 3 is 3.27 bits per heavy atom. The van der Waals surface area contributed by atoms with Gasteiger partial charge in [0.2, 0.25) is 0 Å². The van der Waals surface area contributed by atoms with Crippen molar-refractivity contribution in [3.05, 3.63) is 16.4 Å². The lowest BCUT2D eigenvalue weighted by atomic mass is 10.1. The molecule has 2 heterocycles. The van der Waals surface area contributed by atoms with Gasteiger partial charge in [-0.05, 0) is 35.3 Å². The van der Waals surface area contributed by atoms with Crippen LogP contribution in [0.1, 0.15) is 18.6 Å². The Morgan fingerprint density at radius 2 is 2.60 bits per heavy atom. The van der Waals surface area contributed by atoms with Crippen LogP contribution in [0.4, 0.5) is 0 Å². The lowest BCUT2D eigenvalue weighted by molar-refractivity contribution is 0.0257. The van der Waals surface area contributed by atoms with E-state index in [4.69, 9.17) is 9.26 Å². The van der Waals surface area contributed by atoms with Crippen LogP contribution in [-0.2, 0) is 11.3 Å². The molecule has 0 bridgehead atoms. The van der Waals surface area contributed by atoms with Crippen molar-refractivity contribution in [2.24, 2.45) is 0 Å². The highest BCUT2D eigenvalue weighted by atomic mass is 79.9. The van der Waals surface area contributed by atoms with Crippen molar-refractivity contribution in [3.8, 4) is 0 Å². The molecule has 0 radical (unpaired) electrons. The van der Waals surface area contributed by atoms with Crippen LogP contribution in [-0.4, -0.2) is 36.4 Å². The van der Waals surface area contributed by atoms with Crippen LogP contribution in [0.5, 0.6) is 0 Å². The fourth-order valence-corrected chi connectivity index (χ4v) is 2.26. The van der Waals surface area contributed by atoms with Crippen molar-refractivity contribution in [1.82, 2.24) is 10.1 Å². The zero-order valence-corrected chi connectivity index (χ0v) is 10.4. The van der Waals surface area contributed by atoms with Crippen LogP contribution >= 0.6 is 15.9 Å². The molecule has 0 aliphatic carbocycles. The number of rotatable bonds is 3. The van der Waals surface area contributed by atoms with E-state index in [2.05, 4.69) is 26.0 Å². The van der Waals surface area contributed by atoms with E-state index in [-0.39, 0.29) is 0 Å². The molecule has 5 heteroatoms. The minimum atomic E-state index is 0.366. The molecule has 0 amide bonds. The van der Waals surface area contributed by atoms with Gasteiger partial charge < -0.3 is 9.26 Å². The van der Waals surface area contributed by atoms with Gasteiger partial charge in [0.15, 0.2) is 5.76 Å². The molecule has 0 spiro atoms. The lowest BCUT2D eigenvalue weighted by Gasteiger charge is -2.30. The number of ether oxygens (including phenoxy) is 1. The first-order valence-corrected chi connectivity index (χ1v) is 5.93. The quantitative estimate of drug-likeness (QED) is 0.846. The van der Waals surface area contributed by atoms with Crippen LogP contribution in [0.2, 0.25) is 0 Å². The van der Waals surface area contributed by atoms with Crippen LogP contribution in [0.25, 0.3) is 0 Å². The van der Waals surface area contributed by atoms with E-state index in [0.717, 1.165) is 36.4 Å². The highest BCUT2D eigenvalue weighted by molar-refractivity contribution is 9.10. The summed E-state index contributed by atoms with van der Waals surface area (Å²) < 4.78 is 11.3. The zero-order valence-electron chi connectivity index (χ0n) is 8.78. The molecule has 4 nitrogen and oxygen atoms in total. The molecule has 1 atom stereocenters. The molecule has 1 aromatic heterocycles.